The van der Waals surface area contributed by atoms with E-state index in [1.807, 2.05) is 42.5 Å². The number of rotatable bonds is 4. The average molecular weight is 481 g/mol. The Labute approximate surface area is 204 Å². The van der Waals surface area contributed by atoms with E-state index in [0.717, 1.165) is 42.5 Å². The Morgan fingerprint density at radius 1 is 0.636 bits per heavy atom. The van der Waals surface area contributed by atoms with E-state index < -0.39 is 0 Å². The fraction of sp³-hybridized carbons (Fsp3) is 0. The number of aromatic nitrogens is 2. The van der Waals surface area contributed by atoms with Crippen LogP contribution in [0.2, 0.25) is 5.02 Å². The molecule has 158 valence electrons. The van der Waals surface area contributed by atoms with E-state index in [1.165, 1.54) is 10.3 Å². The van der Waals surface area contributed by atoms with Crippen molar-refractivity contribution in [1.82, 2.24) is 9.97 Å². The molecule has 0 aliphatic carbocycles. The molecule has 0 bridgehead atoms. The lowest BCUT2D eigenvalue weighted by Crippen LogP contribution is -1.95. The molecule has 0 radical (unpaired) electrons. The molecule has 0 aliphatic rings. The molecule has 2 aromatic heterocycles. The SMILES string of the molecule is Clc1ccc(-c2nc3ccccc3c(-c3ccccc3)c2Sc2nc3ccccc3s2)cc1. The minimum absolute atomic E-state index is 0.711. The molecular formula is C28H17ClN2S2. The van der Waals surface area contributed by atoms with Crippen molar-refractivity contribution < 1.29 is 0 Å². The van der Waals surface area contributed by atoms with Crippen molar-refractivity contribution >= 4 is 55.8 Å². The molecule has 0 saturated carbocycles. The zero-order chi connectivity index (χ0) is 22.2. The number of halogens is 1. The first-order valence-corrected chi connectivity index (χ1v) is 12.5. The third-order valence-electron chi connectivity index (χ3n) is 5.49. The molecule has 0 spiro atoms. The molecule has 0 aliphatic heterocycles. The van der Waals surface area contributed by atoms with E-state index >= 15 is 0 Å². The monoisotopic (exact) mass is 480 g/mol. The van der Waals surface area contributed by atoms with Gasteiger partial charge in [-0.2, -0.15) is 0 Å². The van der Waals surface area contributed by atoms with Gasteiger partial charge in [0.05, 0.1) is 21.4 Å². The maximum absolute atomic E-state index is 6.20. The zero-order valence-electron chi connectivity index (χ0n) is 17.4. The van der Waals surface area contributed by atoms with Crippen molar-refractivity contribution in [3.63, 3.8) is 0 Å². The summed E-state index contributed by atoms with van der Waals surface area (Å²) in [6.07, 6.45) is 0. The van der Waals surface area contributed by atoms with E-state index in [1.54, 1.807) is 23.1 Å². The van der Waals surface area contributed by atoms with E-state index in [0.29, 0.717) is 5.02 Å². The van der Waals surface area contributed by atoms with Crippen LogP contribution in [0.5, 0.6) is 0 Å². The van der Waals surface area contributed by atoms with Gasteiger partial charge in [0, 0.05) is 26.4 Å². The van der Waals surface area contributed by atoms with Gasteiger partial charge in [-0.15, -0.1) is 11.3 Å². The maximum Gasteiger partial charge on any atom is 0.156 e. The highest BCUT2D eigenvalue weighted by Gasteiger charge is 2.20. The van der Waals surface area contributed by atoms with Crippen molar-refractivity contribution in [2.45, 2.75) is 9.24 Å². The predicted molar refractivity (Wildman–Crippen MR) is 141 cm³/mol. The number of benzene rings is 4. The number of hydrogen-bond donors (Lipinski definition) is 0. The standard InChI is InChI=1S/C28H17ClN2S2/c29-20-16-14-19(15-17-20)26-27(33-28-31-23-12-6-7-13-24(23)32-28)25(18-8-2-1-3-9-18)21-10-4-5-11-22(21)30-26/h1-17H. The zero-order valence-corrected chi connectivity index (χ0v) is 19.8. The Kier molecular flexibility index (Phi) is 5.35. The van der Waals surface area contributed by atoms with E-state index in [-0.39, 0.29) is 0 Å². The Bertz CT molecular complexity index is 1560. The van der Waals surface area contributed by atoms with Crippen LogP contribution in [0.1, 0.15) is 0 Å². The first-order chi connectivity index (χ1) is 16.3. The molecule has 4 aromatic carbocycles. The van der Waals surface area contributed by atoms with Gasteiger partial charge in [-0.1, -0.05) is 96.2 Å². The van der Waals surface area contributed by atoms with Crippen LogP contribution in [-0.2, 0) is 0 Å². The van der Waals surface area contributed by atoms with Gasteiger partial charge in [-0.3, -0.25) is 0 Å². The smallest absolute Gasteiger partial charge is 0.156 e. The second-order valence-electron chi connectivity index (χ2n) is 7.60. The van der Waals surface area contributed by atoms with Crippen molar-refractivity contribution in [2.24, 2.45) is 0 Å². The number of para-hydroxylation sites is 2. The Balaban J connectivity index is 1.66. The fourth-order valence-electron chi connectivity index (χ4n) is 3.97. The van der Waals surface area contributed by atoms with Gasteiger partial charge in [0.1, 0.15) is 0 Å². The van der Waals surface area contributed by atoms with Crippen LogP contribution >= 0.6 is 34.7 Å². The lowest BCUT2D eigenvalue weighted by atomic mass is 9.98. The van der Waals surface area contributed by atoms with Crippen molar-refractivity contribution in [3.8, 4) is 22.4 Å². The molecule has 33 heavy (non-hydrogen) atoms. The van der Waals surface area contributed by atoms with Gasteiger partial charge in [0.15, 0.2) is 4.34 Å². The number of thiazole rings is 1. The van der Waals surface area contributed by atoms with Crippen LogP contribution in [0.4, 0.5) is 0 Å². The fourth-order valence-corrected chi connectivity index (χ4v) is 6.39. The number of hydrogen-bond acceptors (Lipinski definition) is 4. The van der Waals surface area contributed by atoms with Gasteiger partial charge < -0.3 is 0 Å². The normalized spacial score (nSPS) is 11.3. The molecule has 0 N–H and O–H groups in total. The number of fused-ring (bicyclic) bond motifs is 2. The van der Waals surface area contributed by atoms with Crippen LogP contribution in [0, 0.1) is 0 Å². The third kappa shape index (κ3) is 3.91. The van der Waals surface area contributed by atoms with Crippen molar-refractivity contribution in [1.29, 1.82) is 0 Å². The van der Waals surface area contributed by atoms with Crippen LogP contribution < -0.4 is 0 Å². The molecule has 0 amide bonds. The Morgan fingerprint density at radius 3 is 2.12 bits per heavy atom. The Morgan fingerprint density at radius 2 is 1.33 bits per heavy atom. The maximum atomic E-state index is 6.20. The first kappa shape index (κ1) is 20.4. The second kappa shape index (κ2) is 8.64. The number of nitrogens with zero attached hydrogens (tertiary/aromatic N) is 2. The highest BCUT2D eigenvalue weighted by Crippen LogP contribution is 2.46. The summed E-state index contributed by atoms with van der Waals surface area (Å²) < 4.78 is 2.18. The van der Waals surface area contributed by atoms with Crippen LogP contribution in [-0.4, -0.2) is 9.97 Å². The number of pyridine rings is 1. The summed E-state index contributed by atoms with van der Waals surface area (Å²) in [4.78, 5) is 11.1. The summed E-state index contributed by atoms with van der Waals surface area (Å²) in [5.74, 6) is 0. The van der Waals surface area contributed by atoms with E-state index in [2.05, 4.69) is 60.7 Å². The van der Waals surface area contributed by atoms with Crippen LogP contribution in [0.3, 0.4) is 0 Å². The van der Waals surface area contributed by atoms with Crippen LogP contribution in [0.25, 0.3) is 43.5 Å². The topological polar surface area (TPSA) is 25.8 Å². The molecule has 0 saturated heterocycles. The quantitative estimate of drug-likeness (QED) is 0.252. The summed E-state index contributed by atoms with van der Waals surface area (Å²) in [5.41, 5.74) is 6.30. The van der Waals surface area contributed by atoms with Crippen LogP contribution in [0.15, 0.2) is 112 Å². The van der Waals surface area contributed by atoms with E-state index in [4.69, 9.17) is 21.6 Å². The third-order valence-corrected chi connectivity index (χ3v) is 7.94. The second-order valence-corrected chi connectivity index (χ2v) is 10.3. The Hall–Kier alpha value is -3.18. The molecule has 2 heterocycles. The van der Waals surface area contributed by atoms with Crippen molar-refractivity contribution in [3.05, 3.63) is 108 Å². The van der Waals surface area contributed by atoms with Gasteiger partial charge >= 0.3 is 0 Å². The summed E-state index contributed by atoms with van der Waals surface area (Å²) in [5, 5.41) is 1.84. The molecule has 0 unspecified atom stereocenters. The molecule has 0 atom stereocenters. The molecule has 6 rings (SSSR count). The average Bonchev–Trinajstić information content (AvgIpc) is 3.27. The molecular weight excluding hydrogens is 464 g/mol. The highest BCUT2D eigenvalue weighted by atomic mass is 35.5. The van der Waals surface area contributed by atoms with Gasteiger partial charge in [0.25, 0.3) is 0 Å². The van der Waals surface area contributed by atoms with Crippen molar-refractivity contribution in [2.75, 3.05) is 0 Å². The highest BCUT2D eigenvalue weighted by molar-refractivity contribution is 8.01. The van der Waals surface area contributed by atoms with Gasteiger partial charge in [-0.05, 0) is 35.9 Å². The minimum atomic E-state index is 0.711. The lowest BCUT2D eigenvalue weighted by Gasteiger charge is -2.17. The first-order valence-electron chi connectivity index (χ1n) is 10.5. The molecule has 2 nitrogen and oxygen atoms in total. The summed E-state index contributed by atoms with van der Waals surface area (Å²) in [7, 11) is 0. The molecule has 0 fully saturated rings. The summed E-state index contributed by atoms with van der Waals surface area (Å²) in [6, 6.07) is 35.1. The van der Waals surface area contributed by atoms with Gasteiger partial charge in [0.2, 0.25) is 0 Å². The molecule has 6 aromatic rings. The van der Waals surface area contributed by atoms with Gasteiger partial charge in [-0.25, -0.2) is 9.97 Å². The van der Waals surface area contributed by atoms with E-state index in [9.17, 15) is 0 Å². The summed E-state index contributed by atoms with van der Waals surface area (Å²) in [6.45, 7) is 0. The molecule has 5 heteroatoms. The summed E-state index contributed by atoms with van der Waals surface area (Å²) >= 11 is 9.60. The predicted octanol–water partition coefficient (Wildman–Crippen LogP) is 8.98. The minimum Gasteiger partial charge on any atom is -0.247 e. The lowest BCUT2D eigenvalue weighted by molar-refractivity contribution is 1.27. The largest absolute Gasteiger partial charge is 0.247 e.